The van der Waals surface area contributed by atoms with E-state index in [1.807, 2.05) is 0 Å². The van der Waals surface area contributed by atoms with Crippen molar-refractivity contribution in [2.45, 2.75) is 19.3 Å². The lowest BCUT2D eigenvalue weighted by Gasteiger charge is -2.19. The Kier molecular flexibility index (Phi) is 7.34. The van der Waals surface area contributed by atoms with E-state index in [4.69, 9.17) is 14.6 Å². The second kappa shape index (κ2) is 10.2. The average Bonchev–Trinajstić information content (AvgIpc) is 2.79. The number of nitrogens with one attached hydrogen (secondary N) is 1. The Balaban J connectivity index is 1.71. The SMILES string of the molecule is CCOC(Nc1ccc(C(=O)O)cc1)C(=O)c1ccc(Oc2cccc(C(F)(F)F)c2)cc1. The lowest BCUT2D eigenvalue weighted by atomic mass is 10.1. The molecule has 1 unspecified atom stereocenters. The lowest BCUT2D eigenvalue weighted by molar-refractivity contribution is -0.137. The van der Waals surface area contributed by atoms with Crippen LogP contribution in [0.3, 0.4) is 0 Å². The van der Waals surface area contributed by atoms with E-state index in [1.54, 1.807) is 6.92 Å². The zero-order chi connectivity index (χ0) is 24.0. The molecular weight excluding hydrogens is 439 g/mol. The summed E-state index contributed by atoms with van der Waals surface area (Å²) in [4.78, 5) is 23.9. The summed E-state index contributed by atoms with van der Waals surface area (Å²) in [5.41, 5.74) is 0.0702. The number of benzene rings is 3. The Labute approximate surface area is 187 Å². The fraction of sp³-hybridized carbons (Fsp3) is 0.167. The van der Waals surface area contributed by atoms with Crippen molar-refractivity contribution in [3.05, 3.63) is 89.5 Å². The van der Waals surface area contributed by atoms with Crippen LogP contribution < -0.4 is 10.1 Å². The summed E-state index contributed by atoms with van der Waals surface area (Å²) < 4.78 is 49.6. The van der Waals surface area contributed by atoms with Crippen LogP contribution in [0.2, 0.25) is 0 Å². The van der Waals surface area contributed by atoms with Crippen molar-refractivity contribution >= 4 is 17.4 Å². The number of carboxylic acid groups (broad SMARTS) is 1. The number of carboxylic acids is 1. The van der Waals surface area contributed by atoms with Gasteiger partial charge in [0.2, 0.25) is 5.78 Å². The van der Waals surface area contributed by atoms with Crippen molar-refractivity contribution in [1.29, 1.82) is 0 Å². The third kappa shape index (κ3) is 6.33. The van der Waals surface area contributed by atoms with Gasteiger partial charge in [-0.1, -0.05) is 6.07 Å². The van der Waals surface area contributed by atoms with Gasteiger partial charge in [-0.3, -0.25) is 4.79 Å². The summed E-state index contributed by atoms with van der Waals surface area (Å²) in [6.45, 7) is 1.97. The molecule has 33 heavy (non-hydrogen) atoms. The maximum absolute atomic E-state index is 12.9. The third-order valence-corrected chi connectivity index (χ3v) is 4.54. The molecule has 6 nitrogen and oxygen atoms in total. The summed E-state index contributed by atoms with van der Waals surface area (Å²) >= 11 is 0. The van der Waals surface area contributed by atoms with Gasteiger partial charge in [-0.25, -0.2) is 4.79 Å². The van der Waals surface area contributed by atoms with E-state index in [1.165, 1.54) is 60.7 Å². The second-order valence-electron chi connectivity index (χ2n) is 6.88. The number of aromatic carboxylic acids is 1. The van der Waals surface area contributed by atoms with Crippen LogP contribution in [0.5, 0.6) is 11.5 Å². The predicted octanol–water partition coefficient (Wildman–Crippen LogP) is 5.85. The minimum atomic E-state index is -4.48. The molecule has 2 N–H and O–H groups in total. The second-order valence-corrected chi connectivity index (χ2v) is 6.88. The molecule has 0 aliphatic rings. The molecule has 0 bridgehead atoms. The number of anilines is 1. The van der Waals surface area contributed by atoms with Crippen molar-refractivity contribution < 1.29 is 37.3 Å². The first kappa shape index (κ1) is 23.8. The molecule has 0 saturated heterocycles. The predicted molar refractivity (Wildman–Crippen MR) is 115 cm³/mol. The van der Waals surface area contributed by atoms with Gasteiger partial charge in [-0.15, -0.1) is 0 Å². The van der Waals surface area contributed by atoms with Crippen LogP contribution in [0.1, 0.15) is 33.2 Å². The van der Waals surface area contributed by atoms with E-state index in [-0.39, 0.29) is 29.5 Å². The van der Waals surface area contributed by atoms with Crippen molar-refractivity contribution in [3.8, 4) is 11.5 Å². The van der Waals surface area contributed by atoms with Crippen LogP contribution in [0.25, 0.3) is 0 Å². The van der Waals surface area contributed by atoms with E-state index in [0.29, 0.717) is 11.3 Å². The van der Waals surface area contributed by atoms with Gasteiger partial charge in [0.05, 0.1) is 11.1 Å². The molecule has 0 saturated carbocycles. The molecule has 0 heterocycles. The minimum Gasteiger partial charge on any atom is -0.478 e. The summed E-state index contributed by atoms with van der Waals surface area (Å²) in [5.74, 6) is -1.17. The minimum absolute atomic E-state index is 0.0163. The molecule has 3 aromatic rings. The van der Waals surface area contributed by atoms with Crippen molar-refractivity contribution in [1.82, 2.24) is 0 Å². The van der Waals surface area contributed by atoms with Crippen LogP contribution >= 0.6 is 0 Å². The first-order valence-corrected chi connectivity index (χ1v) is 9.88. The van der Waals surface area contributed by atoms with Crippen LogP contribution in [-0.4, -0.2) is 29.7 Å². The third-order valence-electron chi connectivity index (χ3n) is 4.54. The van der Waals surface area contributed by atoms with E-state index in [0.717, 1.165) is 12.1 Å². The standard InChI is InChI=1S/C24H20F3NO5/c1-2-32-22(28-18-10-6-16(7-11-18)23(30)31)21(29)15-8-12-19(13-9-15)33-20-5-3-4-17(14-20)24(25,26)27/h3-14,22,28H,2H2,1H3,(H,30,31). The van der Waals surface area contributed by atoms with Crippen LogP contribution in [0, 0.1) is 0 Å². The monoisotopic (exact) mass is 459 g/mol. The number of hydrogen-bond acceptors (Lipinski definition) is 5. The first-order chi connectivity index (χ1) is 15.7. The normalized spacial score (nSPS) is 12.1. The molecule has 0 aromatic heterocycles. The molecular formula is C24H20F3NO5. The van der Waals surface area contributed by atoms with E-state index in [2.05, 4.69) is 5.32 Å². The van der Waals surface area contributed by atoms with Crippen LogP contribution in [0.15, 0.2) is 72.8 Å². The quantitative estimate of drug-likeness (QED) is 0.308. The highest BCUT2D eigenvalue weighted by Gasteiger charge is 2.30. The van der Waals surface area contributed by atoms with Gasteiger partial charge in [-0.05, 0) is 73.7 Å². The van der Waals surface area contributed by atoms with Crippen molar-refractivity contribution in [3.63, 3.8) is 0 Å². The Hall–Kier alpha value is -3.85. The van der Waals surface area contributed by atoms with Gasteiger partial charge < -0.3 is 19.9 Å². The van der Waals surface area contributed by atoms with E-state index >= 15 is 0 Å². The number of carbonyl (C=O) groups excluding carboxylic acids is 1. The zero-order valence-corrected chi connectivity index (χ0v) is 17.4. The number of halogens is 3. The molecule has 0 amide bonds. The summed E-state index contributed by atoms with van der Waals surface area (Å²) in [6.07, 6.45) is -5.51. The van der Waals surface area contributed by atoms with Crippen LogP contribution in [-0.2, 0) is 10.9 Å². The molecule has 9 heteroatoms. The van der Waals surface area contributed by atoms with Gasteiger partial charge in [0.15, 0.2) is 6.23 Å². The molecule has 3 rings (SSSR count). The Bertz CT molecular complexity index is 1110. The molecule has 0 fully saturated rings. The van der Waals surface area contributed by atoms with Crippen molar-refractivity contribution in [2.24, 2.45) is 0 Å². The maximum Gasteiger partial charge on any atom is 0.416 e. The van der Waals surface area contributed by atoms with Crippen molar-refractivity contribution in [2.75, 3.05) is 11.9 Å². The lowest BCUT2D eigenvalue weighted by Crippen LogP contribution is -2.32. The summed E-state index contributed by atoms with van der Waals surface area (Å²) in [6, 6.07) is 16.2. The van der Waals surface area contributed by atoms with E-state index in [9.17, 15) is 22.8 Å². The number of alkyl halides is 3. The van der Waals surface area contributed by atoms with Gasteiger partial charge in [0.25, 0.3) is 0 Å². The number of hydrogen-bond donors (Lipinski definition) is 2. The maximum atomic E-state index is 12.9. The Morgan fingerprint density at radius 3 is 2.15 bits per heavy atom. The number of ketones is 1. The highest BCUT2D eigenvalue weighted by molar-refractivity contribution is 6.00. The van der Waals surface area contributed by atoms with Gasteiger partial charge in [0, 0.05) is 17.9 Å². The molecule has 172 valence electrons. The number of rotatable bonds is 9. The number of Topliss-reactive ketones (excluding diaryl/α,β-unsaturated/α-hetero) is 1. The van der Waals surface area contributed by atoms with E-state index < -0.39 is 23.9 Å². The van der Waals surface area contributed by atoms with Gasteiger partial charge >= 0.3 is 12.1 Å². The number of ether oxygens (including phenoxy) is 2. The van der Waals surface area contributed by atoms with Crippen LogP contribution in [0.4, 0.5) is 18.9 Å². The fourth-order valence-electron chi connectivity index (χ4n) is 2.92. The number of carbonyl (C=O) groups is 2. The molecule has 0 aliphatic heterocycles. The molecule has 3 aromatic carbocycles. The fourth-order valence-corrected chi connectivity index (χ4v) is 2.92. The largest absolute Gasteiger partial charge is 0.478 e. The molecule has 0 aliphatic carbocycles. The van der Waals surface area contributed by atoms with Gasteiger partial charge in [-0.2, -0.15) is 13.2 Å². The summed E-state index contributed by atoms with van der Waals surface area (Å²) in [5, 5.41) is 11.9. The molecule has 1 atom stereocenters. The Morgan fingerprint density at radius 1 is 0.939 bits per heavy atom. The molecule has 0 radical (unpaired) electrons. The molecule has 0 spiro atoms. The average molecular weight is 459 g/mol. The summed E-state index contributed by atoms with van der Waals surface area (Å²) in [7, 11) is 0. The van der Waals surface area contributed by atoms with Gasteiger partial charge in [0.1, 0.15) is 11.5 Å². The Morgan fingerprint density at radius 2 is 1.58 bits per heavy atom. The smallest absolute Gasteiger partial charge is 0.416 e. The zero-order valence-electron chi connectivity index (χ0n) is 17.4. The first-order valence-electron chi connectivity index (χ1n) is 9.88. The highest BCUT2D eigenvalue weighted by atomic mass is 19.4. The highest BCUT2D eigenvalue weighted by Crippen LogP contribution is 2.32. The topological polar surface area (TPSA) is 84.9 Å².